The van der Waals surface area contributed by atoms with E-state index >= 15 is 0 Å². The summed E-state index contributed by atoms with van der Waals surface area (Å²) in [5.74, 6) is 0. The van der Waals surface area contributed by atoms with Gasteiger partial charge in [0.2, 0.25) is 0 Å². The highest BCUT2D eigenvalue weighted by molar-refractivity contribution is 5.74. The van der Waals surface area contributed by atoms with Crippen LogP contribution in [0.2, 0.25) is 0 Å². The SMILES string of the molecule is COCN1CN(COC)C(=O)N(COC)C1. The standard InChI is InChI=1S/C9H19N3O4/c1-14-6-10-4-11(7-15-2)9(13)12(5-10)8-16-3/h4-8H2,1-3H3. The molecule has 0 bridgehead atoms. The van der Waals surface area contributed by atoms with E-state index in [0.717, 1.165) is 0 Å². The maximum absolute atomic E-state index is 11.9. The van der Waals surface area contributed by atoms with Gasteiger partial charge >= 0.3 is 6.03 Å². The van der Waals surface area contributed by atoms with Crippen molar-refractivity contribution < 1.29 is 19.0 Å². The predicted octanol–water partition coefficient (Wildman–Crippen LogP) is -0.247. The third-order valence-corrected chi connectivity index (χ3v) is 2.16. The molecule has 16 heavy (non-hydrogen) atoms. The first-order valence-electron chi connectivity index (χ1n) is 4.96. The number of hydrogen-bond acceptors (Lipinski definition) is 5. The highest BCUT2D eigenvalue weighted by Crippen LogP contribution is 2.09. The molecule has 0 aromatic carbocycles. The molecule has 7 nitrogen and oxygen atoms in total. The molecule has 0 atom stereocenters. The number of urea groups is 1. The lowest BCUT2D eigenvalue weighted by atomic mass is 10.5. The lowest BCUT2D eigenvalue weighted by Gasteiger charge is -2.40. The number of ether oxygens (including phenoxy) is 3. The van der Waals surface area contributed by atoms with E-state index in [4.69, 9.17) is 14.2 Å². The zero-order valence-electron chi connectivity index (χ0n) is 10.0. The number of carbonyl (C=O) groups is 1. The molecule has 0 aromatic rings. The summed E-state index contributed by atoms with van der Waals surface area (Å²) in [6.07, 6.45) is 0. The lowest BCUT2D eigenvalue weighted by molar-refractivity contribution is -0.0742. The summed E-state index contributed by atoms with van der Waals surface area (Å²) in [6.45, 7) is 1.99. The summed E-state index contributed by atoms with van der Waals surface area (Å²) < 4.78 is 15.0. The average molecular weight is 233 g/mol. The van der Waals surface area contributed by atoms with E-state index in [1.54, 1.807) is 31.1 Å². The molecular weight excluding hydrogens is 214 g/mol. The van der Waals surface area contributed by atoms with Crippen LogP contribution in [0.25, 0.3) is 0 Å². The third kappa shape index (κ3) is 3.31. The quantitative estimate of drug-likeness (QED) is 0.633. The van der Waals surface area contributed by atoms with Crippen LogP contribution in [0.15, 0.2) is 0 Å². The Balaban J connectivity index is 2.59. The molecular formula is C9H19N3O4. The normalized spacial score (nSPS) is 18.3. The molecule has 94 valence electrons. The van der Waals surface area contributed by atoms with Crippen molar-refractivity contribution in [3.05, 3.63) is 0 Å². The van der Waals surface area contributed by atoms with Gasteiger partial charge in [0.05, 0.1) is 13.3 Å². The highest BCUT2D eigenvalue weighted by atomic mass is 16.5. The van der Waals surface area contributed by atoms with Gasteiger partial charge < -0.3 is 14.2 Å². The van der Waals surface area contributed by atoms with Crippen LogP contribution in [0.5, 0.6) is 0 Å². The van der Waals surface area contributed by atoms with Gasteiger partial charge in [-0.1, -0.05) is 0 Å². The van der Waals surface area contributed by atoms with Crippen LogP contribution >= 0.6 is 0 Å². The van der Waals surface area contributed by atoms with Crippen molar-refractivity contribution in [2.45, 2.75) is 0 Å². The molecule has 1 saturated heterocycles. The van der Waals surface area contributed by atoms with E-state index in [1.165, 1.54) is 0 Å². The summed E-state index contributed by atoms with van der Waals surface area (Å²) in [5.41, 5.74) is 0. The van der Waals surface area contributed by atoms with Gasteiger partial charge in [0.15, 0.2) is 0 Å². The Kier molecular flexibility index (Phi) is 5.47. The molecule has 1 fully saturated rings. The van der Waals surface area contributed by atoms with Gasteiger partial charge in [0, 0.05) is 21.3 Å². The van der Waals surface area contributed by atoms with Gasteiger partial charge in [0.1, 0.15) is 20.2 Å². The van der Waals surface area contributed by atoms with Crippen molar-refractivity contribution in [3.8, 4) is 0 Å². The van der Waals surface area contributed by atoms with Crippen LogP contribution in [-0.4, -0.2) is 75.6 Å². The molecule has 1 rings (SSSR count). The van der Waals surface area contributed by atoms with Gasteiger partial charge in [-0.05, 0) is 0 Å². The molecule has 1 aliphatic heterocycles. The number of rotatable bonds is 6. The van der Waals surface area contributed by atoms with Gasteiger partial charge in [-0.25, -0.2) is 9.69 Å². The first-order valence-corrected chi connectivity index (χ1v) is 4.96. The van der Waals surface area contributed by atoms with Gasteiger partial charge in [-0.15, -0.1) is 0 Å². The Morgan fingerprint density at radius 3 is 1.75 bits per heavy atom. The fourth-order valence-corrected chi connectivity index (χ4v) is 1.62. The number of amides is 2. The molecule has 0 aromatic heterocycles. The maximum Gasteiger partial charge on any atom is 0.325 e. The second-order valence-electron chi connectivity index (χ2n) is 3.57. The largest absolute Gasteiger partial charge is 0.369 e. The number of methoxy groups -OCH3 is 3. The Morgan fingerprint density at radius 2 is 1.38 bits per heavy atom. The van der Waals surface area contributed by atoms with E-state index in [-0.39, 0.29) is 19.5 Å². The minimum absolute atomic E-state index is 0.0870. The van der Waals surface area contributed by atoms with Gasteiger partial charge in [-0.2, -0.15) is 0 Å². The van der Waals surface area contributed by atoms with Crippen LogP contribution in [0.3, 0.4) is 0 Å². The van der Waals surface area contributed by atoms with Crippen molar-refractivity contribution in [1.29, 1.82) is 0 Å². The minimum Gasteiger partial charge on any atom is -0.369 e. The minimum atomic E-state index is -0.0870. The summed E-state index contributed by atoms with van der Waals surface area (Å²) in [5, 5.41) is 0. The van der Waals surface area contributed by atoms with Crippen molar-refractivity contribution in [3.63, 3.8) is 0 Å². The van der Waals surface area contributed by atoms with Gasteiger partial charge in [0.25, 0.3) is 0 Å². The monoisotopic (exact) mass is 233 g/mol. The van der Waals surface area contributed by atoms with Crippen LogP contribution in [0, 0.1) is 0 Å². The van der Waals surface area contributed by atoms with E-state index < -0.39 is 0 Å². The van der Waals surface area contributed by atoms with Gasteiger partial charge in [-0.3, -0.25) is 9.80 Å². The van der Waals surface area contributed by atoms with Crippen LogP contribution < -0.4 is 0 Å². The van der Waals surface area contributed by atoms with Crippen molar-refractivity contribution >= 4 is 6.03 Å². The molecule has 1 aliphatic rings. The molecule has 0 spiro atoms. The molecule has 0 radical (unpaired) electrons. The zero-order valence-corrected chi connectivity index (χ0v) is 10.0. The Morgan fingerprint density at radius 1 is 0.938 bits per heavy atom. The molecule has 1 heterocycles. The molecule has 0 aliphatic carbocycles. The molecule has 2 amide bonds. The zero-order chi connectivity index (χ0) is 12.0. The summed E-state index contributed by atoms with van der Waals surface area (Å²) in [4.78, 5) is 17.0. The predicted molar refractivity (Wildman–Crippen MR) is 56.3 cm³/mol. The topological polar surface area (TPSA) is 54.5 Å². The smallest absolute Gasteiger partial charge is 0.325 e. The van der Waals surface area contributed by atoms with Crippen LogP contribution in [0.4, 0.5) is 4.79 Å². The second-order valence-corrected chi connectivity index (χ2v) is 3.57. The van der Waals surface area contributed by atoms with Crippen molar-refractivity contribution in [2.24, 2.45) is 0 Å². The Labute approximate surface area is 95.4 Å². The van der Waals surface area contributed by atoms with Crippen LogP contribution in [-0.2, 0) is 14.2 Å². The number of carbonyl (C=O) groups excluding carboxylic acids is 1. The van der Waals surface area contributed by atoms with E-state index in [9.17, 15) is 4.79 Å². The molecule has 0 saturated carbocycles. The van der Waals surface area contributed by atoms with E-state index in [1.807, 2.05) is 4.90 Å². The second kappa shape index (κ2) is 6.64. The molecule has 0 N–H and O–H groups in total. The first kappa shape index (κ1) is 13.2. The van der Waals surface area contributed by atoms with Crippen molar-refractivity contribution in [1.82, 2.24) is 14.7 Å². The highest BCUT2D eigenvalue weighted by Gasteiger charge is 2.29. The Bertz CT molecular complexity index is 209. The Hall–Kier alpha value is -0.890. The van der Waals surface area contributed by atoms with Crippen LogP contribution in [0.1, 0.15) is 0 Å². The average Bonchev–Trinajstić information content (AvgIpc) is 2.26. The first-order chi connectivity index (χ1) is 7.72. The molecule has 7 heteroatoms. The van der Waals surface area contributed by atoms with E-state index in [0.29, 0.717) is 20.1 Å². The summed E-state index contributed by atoms with van der Waals surface area (Å²) in [7, 11) is 4.74. The fourth-order valence-electron chi connectivity index (χ4n) is 1.62. The lowest BCUT2D eigenvalue weighted by Crippen LogP contribution is -2.58. The number of nitrogens with zero attached hydrogens (tertiary/aromatic N) is 3. The number of hydrogen-bond donors (Lipinski definition) is 0. The summed E-state index contributed by atoms with van der Waals surface area (Å²) >= 11 is 0. The third-order valence-electron chi connectivity index (χ3n) is 2.16. The molecule has 0 unspecified atom stereocenters. The summed E-state index contributed by atoms with van der Waals surface area (Å²) in [6, 6.07) is -0.0870. The maximum atomic E-state index is 11.9. The van der Waals surface area contributed by atoms with E-state index in [2.05, 4.69) is 0 Å². The fraction of sp³-hybridized carbons (Fsp3) is 0.889. The van der Waals surface area contributed by atoms with Crippen molar-refractivity contribution in [2.75, 3.05) is 54.9 Å².